The zero-order chi connectivity index (χ0) is 11.6. The normalized spacial score (nSPS) is 15.1. The summed E-state index contributed by atoms with van der Waals surface area (Å²) in [7, 11) is 0. The Morgan fingerprint density at radius 3 is 2.07 bits per heavy atom. The van der Waals surface area contributed by atoms with E-state index in [-0.39, 0.29) is 0 Å². The van der Waals surface area contributed by atoms with Gasteiger partial charge in [0.1, 0.15) is 12.3 Å². The second-order valence-corrected chi connectivity index (χ2v) is 3.27. The highest BCUT2D eigenvalue weighted by Gasteiger charge is 2.41. The second kappa shape index (κ2) is 4.12. The second-order valence-electron chi connectivity index (χ2n) is 3.27. The van der Waals surface area contributed by atoms with Gasteiger partial charge in [0.25, 0.3) is 0 Å². The van der Waals surface area contributed by atoms with Gasteiger partial charge in [0.15, 0.2) is 0 Å². The standard InChI is InChI=1S/C7H11F4NO2/c1-6(2,8)4(12)3-14-5(13)7(9,10)11/h4H,3,12H2,1-2H3. The highest BCUT2D eigenvalue weighted by Crippen LogP contribution is 2.18. The third kappa shape index (κ3) is 4.40. The van der Waals surface area contributed by atoms with Gasteiger partial charge in [0, 0.05) is 0 Å². The van der Waals surface area contributed by atoms with Crippen LogP contribution in [0.2, 0.25) is 0 Å². The molecule has 14 heavy (non-hydrogen) atoms. The van der Waals surface area contributed by atoms with Crippen LogP contribution in [-0.4, -0.2) is 30.5 Å². The van der Waals surface area contributed by atoms with Crippen molar-refractivity contribution in [2.45, 2.75) is 31.7 Å². The Morgan fingerprint density at radius 2 is 1.79 bits per heavy atom. The zero-order valence-electron chi connectivity index (χ0n) is 7.69. The predicted octanol–water partition coefficient (Wildman–Crippen LogP) is 1.17. The van der Waals surface area contributed by atoms with Crippen molar-refractivity contribution in [2.24, 2.45) is 5.73 Å². The average Bonchev–Trinajstić information content (AvgIpc) is 1.95. The molecule has 0 saturated heterocycles. The van der Waals surface area contributed by atoms with Gasteiger partial charge in [-0.2, -0.15) is 13.2 Å². The van der Waals surface area contributed by atoms with E-state index < -0.39 is 30.5 Å². The quantitative estimate of drug-likeness (QED) is 0.570. The smallest absolute Gasteiger partial charge is 0.457 e. The first-order chi connectivity index (χ1) is 6.05. The maximum absolute atomic E-state index is 12.9. The lowest BCUT2D eigenvalue weighted by molar-refractivity contribution is -0.200. The monoisotopic (exact) mass is 217 g/mol. The molecule has 0 aliphatic rings. The molecule has 0 spiro atoms. The summed E-state index contributed by atoms with van der Waals surface area (Å²) in [5, 5.41) is 0. The zero-order valence-corrected chi connectivity index (χ0v) is 7.69. The molecule has 3 nitrogen and oxygen atoms in total. The molecule has 0 bridgehead atoms. The van der Waals surface area contributed by atoms with Crippen molar-refractivity contribution in [1.82, 2.24) is 0 Å². The summed E-state index contributed by atoms with van der Waals surface area (Å²) in [5.41, 5.74) is 3.23. The van der Waals surface area contributed by atoms with Crippen molar-refractivity contribution in [1.29, 1.82) is 0 Å². The Morgan fingerprint density at radius 1 is 1.36 bits per heavy atom. The van der Waals surface area contributed by atoms with Crippen LogP contribution in [0, 0.1) is 0 Å². The number of carbonyl (C=O) groups is 1. The number of rotatable bonds is 3. The molecule has 0 heterocycles. The first kappa shape index (κ1) is 13.2. The maximum atomic E-state index is 12.9. The van der Waals surface area contributed by atoms with Gasteiger partial charge >= 0.3 is 12.1 Å². The summed E-state index contributed by atoms with van der Waals surface area (Å²) in [6.45, 7) is 1.36. The van der Waals surface area contributed by atoms with Crippen LogP contribution in [0.3, 0.4) is 0 Å². The number of alkyl halides is 4. The van der Waals surface area contributed by atoms with Crippen LogP contribution in [0.25, 0.3) is 0 Å². The van der Waals surface area contributed by atoms with E-state index in [1.807, 2.05) is 0 Å². The van der Waals surface area contributed by atoms with Crippen LogP contribution in [0.5, 0.6) is 0 Å². The molecule has 84 valence electrons. The molecule has 0 amide bonds. The molecule has 0 saturated carbocycles. The van der Waals surface area contributed by atoms with Gasteiger partial charge in [-0.1, -0.05) is 0 Å². The van der Waals surface area contributed by atoms with E-state index in [0.29, 0.717) is 0 Å². The molecule has 1 unspecified atom stereocenters. The van der Waals surface area contributed by atoms with E-state index in [9.17, 15) is 22.4 Å². The third-order valence-corrected chi connectivity index (χ3v) is 1.51. The van der Waals surface area contributed by atoms with E-state index in [0.717, 1.165) is 13.8 Å². The van der Waals surface area contributed by atoms with Gasteiger partial charge in [-0.25, -0.2) is 9.18 Å². The Bertz CT molecular complexity index is 209. The Labute approximate surface area is 78.2 Å². The Hall–Kier alpha value is -0.850. The lowest BCUT2D eigenvalue weighted by atomic mass is 10.0. The molecule has 2 N–H and O–H groups in total. The van der Waals surface area contributed by atoms with Crippen LogP contribution in [0.1, 0.15) is 13.8 Å². The largest absolute Gasteiger partial charge is 0.490 e. The topological polar surface area (TPSA) is 52.3 Å². The summed E-state index contributed by atoms with van der Waals surface area (Å²) >= 11 is 0. The highest BCUT2D eigenvalue weighted by atomic mass is 19.4. The van der Waals surface area contributed by atoms with E-state index in [4.69, 9.17) is 5.73 Å². The number of hydrogen-bond donors (Lipinski definition) is 1. The van der Waals surface area contributed by atoms with Crippen molar-refractivity contribution < 1.29 is 27.1 Å². The minimum Gasteiger partial charge on any atom is -0.457 e. The van der Waals surface area contributed by atoms with E-state index in [1.165, 1.54) is 0 Å². The maximum Gasteiger partial charge on any atom is 0.490 e. The Kier molecular flexibility index (Phi) is 3.87. The molecule has 0 aliphatic carbocycles. The molecule has 0 aromatic rings. The minimum absolute atomic E-state index is 0.804. The summed E-state index contributed by atoms with van der Waals surface area (Å²) in [5.74, 6) is -2.36. The minimum atomic E-state index is -5.07. The summed E-state index contributed by atoms with van der Waals surface area (Å²) in [6.07, 6.45) is -5.07. The number of carbonyl (C=O) groups excluding carboxylic acids is 1. The van der Waals surface area contributed by atoms with Gasteiger partial charge in [-0.15, -0.1) is 0 Å². The highest BCUT2D eigenvalue weighted by molar-refractivity contribution is 5.75. The predicted molar refractivity (Wildman–Crippen MR) is 40.2 cm³/mol. The number of esters is 1. The molecule has 1 atom stereocenters. The fourth-order valence-electron chi connectivity index (χ4n) is 0.445. The summed E-state index contributed by atoms with van der Waals surface area (Å²) in [6, 6.07) is -1.28. The van der Waals surface area contributed by atoms with Crippen LogP contribution >= 0.6 is 0 Å². The van der Waals surface area contributed by atoms with Crippen molar-refractivity contribution >= 4 is 5.97 Å². The fraction of sp³-hybridized carbons (Fsp3) is 0.857. The molecule has 0 aliphatic heterocycles. The summed E-state index contributed by atoms with van der Waals surface area (Å²) in [4.78, 5) is 10.2. The van der Waals surface area contributed by atoms with Crippen molar-refractivity contribution in [3.05, 3.63) is 0 Å². The van der Waals surface area contributed by atoms with Crippen LogP contribution in [0.15, 0.2) is 0 Å². The molecule has 0 radical (unpaired) electrons. The first-order valence-corrected chi connectivity index (χ1v) is 3.73. The molecule has 0 aromatic heterocycles. The number of nitrogens with two attached hydrogens (primary N) is 1. The molecule has 0 rings (SSSR count). The SMILES string of the molecule is CC(C)(F)C(N)COC(=O)C(F)(F)F. The van der Waals surface area contributed by atoms with E-state index in [1.54, 1.807) is 0 Å². The van der Waals surface area contributed by atoms with E-state index >= 15 is 0 Å². The van der Waals surface area contributed by atoms with Crippen molar-refractivity contribution in [2.75, 3.05) is 6.61 Å². The fourth-order valence-corrected chi connectivity index (χ4v) is 0.445. The average molecular weight is 217 g/mol. The molecule has 0 aromatic carbocycles. The van der Waals surface area contributed by atoms with E-state index in [2.05, 4.69) is 4.74 Å². The summed E-state index contributed by atoms with van der Waals surface area (Å²) < 4.78 is 51.5. The van der Waals surface area contributed by atoms with Gasteiger partial charge in [0.2, 0.25) is 0 Å². The molecule has 7 heteroatoms. The van der Waals surface area contributed by atoms with Gasteiger partial charge in [-0.3, -0.25) is 0 Å². The number of ether oxygens (including phenoxy) is 1. The first-order valence-electron chi connectivity index (χ1n) is 3.73. The van der Waals surface area contributed by atoms with Crippen LogP contribution < -0.4 is 5.73 Å². The van der Waals surface area contributed by atoms with Crippen LogP contribution in [0.4, 0.5) is 17.6 Å². The number of halogens is 4. The van der Waals surface area contributed by atoms with Gasteiger partial charge in [0.05, 0.1) is 6.04 Å². The van der Waals surface area contributed by atoms with Crippen molar-refractivity contribution in [3.8, 4) is 0 Å². The third-order valence-electron chi connectivity index (χ3n) is 1.51. The lowest BCUT2D eigenvalue weighted by Crippen LogP contribution is -2.44. The van der Waals surface area contributed by atoms with Crippen molar-refractivity contribution in [3.63, 3.8) is 0 Å². The Balaban J connectivity index is 4.03. The van der Waals surface area contributed by atoms with Crippen LogP contribution in [-0.2, 0) is 9.53 Å². The molecular formula is C7H11F4NO2. The van der Waals surface area contributed by atoms with Gasteiger partial charge < -0.3 is 10.5 Å². The molecule has 0 fully saturated rings. The lowest BCUT2D eigenvalue weighted by Gasteiger charge is -2.22. The molecular weight excluding hydrogens is 206 g/mol. The van der Waals surface area contributed by atoms with Gasteiger partial charge in [-0.05, 0) is 13.8 Å². The number of hydrogen-bond acceptors (Lipinski definition) is 3.